The summed E-state index contributed by atoms with van der Waals surface area (Å²) >= 11 is 0. The molecule has 2 atom stereocenters. The molecular weight excluding hydrogens is 116 g/mol. The molecule has 0 spiro atoms. The van der Waals surface area contributed by atoms with Crippen molar-refractivity contribution in [2.45, 2.75) is 32.0 Å². The largest absolute Gasteiger partial charge is 0.474 e. The van der Waals surface area contributed by atoms with Crippen LogP contribution >= 0.6 is 0 Å². The topological polar surface area (TPSA) is 24.8 Å². The molecule has 2 bridgehead atoms. The highest BCUT2D eigenvalue weighted by molar-refractivity contribution is 5.49. The van der Waals surface area contributed by atoms with Crippen LogP contribution in [0.5, 0.6) is 0 Å². The van der Waals surface area contributed by atoms with Crippen molar-refractivity contribution in [2.24, 2.45) is 5.10 Å². The zero-order valence-corrected chi connectivity index (χ0v) is 5.61. The lowest BCUT2D eigenvalue weighted by atomic mass is 9.94. The number of hydrazone groups is 1. The van der Waals surface area contributed by atoms with Gasteiger partial charge < -0.3 is 4.74 Å². The number of ether oxygens (including phenoxy) is 1. The Bertz CT molecular complexity index is 147. The second-order valence-corrected chi connectivity index (χ2v) is 2.68. The monoisotopic (exact) mass is 126 g/mol. The fourth-order valence-corrected chi connectivity index (χ4v) is 1.56. The number of hydrogen-bond donors (Lipinski definition) is 0. The molecule has 0 N–H and O–H groups in total. The first-order chi connectivity index (χ1) is 4.30. The van der Waals surface area contributed by atoms with Crippen LogP contribution in [0.15, 0.2) is 5.10 Å². The summed E-state index contributed by atoms with van der Waals surface area (Å²) in [5.74, 6) is 0. The van der Waals surface area contributed by atoms with Gasteiger partial charge in [-0.1, -0.05) is 0 Å². The highest BCUT2D eigenvalue weighted by atomic mass is 16.5. The number of nitrogens with zero attached hydrogens (tertiary/aromatic N) is 2. The van der Waals surface area contributed by atoms with Gasteiger partial charge in [-0.25, -0.2) is 0 Å². The van der Waals surface area contributed by atoms with Crippen LogP contribution in [0.1, 0.15) is 13.8 Å². The lowest BCUT2D eigenvalue weighted by Crippen LogP contribution is -2.65. The fourth-order valence-electron chi connectivity index (χ4n) is 1.56. The van der Waals surface area contributed by atoms with Crippen molar-refractivity contribution < 1.29 is 4.74 Å². The van der Waals surface area contributed by atoms with Gasteiger partial charge in [0.25, 0.3) is 0 Å². The molecule has 1 saturated heterocycles. The van der Waals surface area contributed by atoms with E-state index in [1.165, 1.54) is 6.40 Å². The zero-order valence-electron chi connectivity index (χ0n) is 5.61. The average Bonchev–Trinajstić information content (AvgIpc) is 1.91. The summed E-state index contributed by atoms with van der Waals surface area (Å²) in [5, 5.41) is 6.11. The van der Waals surface area contributed by atoms with Gasteiger partial charge in [-0.05, 0) is 13.8 Å². The molecule has 0 saturated carbocycles. The molecule has 0 aliphatic carbocycles. The van der Waals surface area contributed by atoms with E-state index < -0.39 is 0 Å². The summed E-state index contributed by atoms with van der Waals surface area (Å²) in [4.78, 5) is 0. The van der Waals surface area contributed by atoms with Crippen molar-refractivity contribution in [2.75, 3.05) is 0 Å². The van der Waals surface area contributed by atoms with E-state index in [1.807, 2.05) is 0 Å². The maximum absolute atomic E-state index is 5.23. The Hall–Kier alpha value is -0.730. The van der Waals surface area contributed by atoms with Crippen LogP contribution < -0.4 is 0 Å². The van der Waals surface area contributed by atoms with Crippen LogP contribution in [0.2, 0.25) is 0 Å². The van der Waals surface area contributed by atoms with Gasteiger partial charge in [0.2, 0.25) is 0 Å². The van der Waals surface area contributed by atoms with Gasteiger partial charge in [-0.2, -0.15) is 0 Å². The fraction of sp³-hybridized carbons (Fsp3) is 0.833. The Labute approximate surface area is 54.3 Å². The van der Waals surface area contributed by atoms with E-state index >= 15 is 0 Å². The Balaban J connectivity index is 2.21. The standard InChI is InChI=1S/C6H10N2O/c1-4-6-5(2)8(4)7-3-9-6/h3-6H,1-2H3. The van der Waals surface area contributed by atoms with Crippen LogP contribution in [-0.4, -0.2) is 29.6 Å². The van der Waals surface area contributed by atoms with E-state index in [9.17, 15) is 0 Å². The zero-order chi connectivity index (χ0) is 6.43. The lowest BCUT2D eigenvalue weighted by Gasteiger charge is -2.51. The molecule has 0 aromatic carbocycles. The van der Waals surface area contributed by atoms with Crippen molar-refractivity contribution in [3.05, 3.63) is 0 Å². The predicted molar refractivity (Wildman–Crippen MR) is 34.1 cm³/mol. The predicted octanol–water partition coefficient (Wildman–Crippen LogP) is 0.421. The minimum absolute atomic E-state index is 0.391. The van der Waals surface area contributed by atoms with E-state index in [1.54, 1.807) is 0 Å². The van der Waals surface area contributed by atoms with Crippen LogP contribution in [-0.2, 0) is 4.74 Å². The van der Waals surface area contributed by atoms with Crippen molar-refractivity contribution in [3.8, 4) is 0 Å². The summed E-state index contributed by atoms with van der Waals surface area (Å²) in [6.45, 7) is 4.25. The highest BCUT2D eigenvalue weighted by Gasteiger charge is 2.46. The second kappa shape index (κ2) is 1.40. The van der Waals surface area contributed by atoms with Crippen molar-refractivity contribution in [3.63, 3.8) is 0 Å². The molecule has 1 fully saturated rings. The van der Waals surface area contributed by atoms with Crippen LogP contribution in [0.4, 0.5) is 0 Å². The molecule has 2 unspecified atom stereocenters. The van der Waals surface area contributed by atoms with Crippen molar-refractivity contribution in [1.82, 2.24) is 5.01 Å². The van der Waals surface area contributed by atoms with E-state index in [4.69, 9.17) is 4.74 Å². The quantitative estimate of drug-likeness (QED) is 0.470. The lowest BCUT2D eigenvalue weighted by molar-refractivity contribution is -0.114. The average molecular weight is 126 g/mol. The third kappa shape index (κ3) is 0.446. The summed E-state index contributed by atoms with van der Waals surface area (Å²) in [5.41, 5.74) is 0. The molecule has 3 nitrogen and oxygen atoms in total. The third-order valence-electron chi connectivity index (χ3n) is 2.18. The summed E-state index contributed by atoms with van der Waals surface area (Å²) in [6, 6.07) is 0.981. The SMILES string of the molecule is CC1C2OC=NN1C2C. The minimum Gasteiger partial charge on any atom is -0.474 e. The molecule has 3 heteroatoms. The van der Waals surface area contributed by atoms with E-state index in [0.717, 1.165) is 0 Å². The maximum Gasteiger partial charge on any atom is 0.193 e. The van der Waals surface area contributed by atoms with Crippen LogP contribution in [0.3, 0.4) is 0 Å². The summed E-state index contributed by atoms with van der Waals surface area (Å²) in [6.07, 6.45) is 1.92. The minimum atomic E-state index is 0.391. The molecule has 0 amide bonds. The number of hydrogen-bond acceptors (Lipinski definition) is 3. The van der Waals surface area contributed by atoms with E-state index in [2.05, 4.69) is 24.0 Å². The smallest absolute Gasteiger partial charge is 0.193 e. The molecule has 3 rings (SSSR count). The van der Waals surface area contributed by atoms with Gasteiger partial charge in [0.05, 0.1) is 12.1 Å². The molecule has 0 aromatic rings. The summed E-state index contributed by atoms with van der Waals surface area (Å²) < 4.78 is 5.23. The Kier molecular flexibility index (Phi) is 0.793. The molecule has 3 aliphatic rings. The normalized spacial score (nSPS) is 46.0. The summed E-state index contributed by atoms with van der Waals surface area (Å²) in [7, 11) is 0. The van der Waals surface area contributed by atoms with Crippen LogP contribution in [0, 0.1) is 0 Å². The molecule has 50 valence electrons. The molecular formula is C6H10N2O. The van der Waals surface area contributed by atoms with Gasteiger partial charge >= 0.3 is 0 Å². The molecule has 0 radical (unpaired) electrons. The van der Waals surface area contributed by atoms with Gasteiger partial charge in [0, 0.05) is 0 Å². The second-order valence-electron chi connectivity index (χ2n) is 2.68. The van der Waals surface area contributed by atoms with Gasteiger partial charge in [0.15, 0.2) is 6.40 Å². The third-order valence-corrected chi connectivity index (χ3v) is 2.18. The maximum atomic E-state index is 5.23. The van der Waals surface area contributed by atoms with Gasteiger partial charge in [-0.3, -0.25) is 5.01 Å². The van der Waals surface area contributed by atoms with E-state index in [-0.39, 0.29) is 0 Å². The Morgan fingerprint density at radius 2 is 2.11 bits per heavy atom. The Morgan fingerprint density at radius 1 is 1.44 bits per heavy atom. The number of rotatable bonds is 0. The molecule has 9 heavy (non-hydrogen) atoms. The van der Waals surface area contributed by atoms with Crippen molar-refractivity contribution >= 4 is 6.40 Å². The molecule has 0 aromatic heterocycles. The molecule has 3 aliphatic heterocycles. The first-order valence-electron chi connectivity index (χ1n) is 3.27. The first-order valence-corrected chi connectivity index (χ1v) is 3.27. The van der Waals surface area contributed by atoms with Crippen LogP contribution in [0.25, 0.3) is 0 Å². The van der Waals surface area contributed by atoms with Gasteiger partial charge in [-0.15, -0.1) is 5.10 Å². The van der Waals surface area contributed by atoms with Crippen molar-refractivity contribution in [1.29, 1.82) is 0 Å². The van der Waals surface area contributed by atoms with Gasteiger partial charge in [0.1, 0.15) is 6.10 Å². The molecule has 3 heterocycles. The number of fused-ring (bicyclic) bond motifs is 1. The van der Waals surface area contributed by atoms with E-state index in [0.29, 0.717) is 18.2 Å². The highest BCUT2D eigenvalue weighted by Crippen LogP contribution is 2.30. The Morgan fingerprint density at radius 3 is 2.33 bits per heavy atom. The first kappa shape index (κ1) is 5.09.